The third-order valence-electron chi connectivity index (χ3n) is 2.42. The molecule has 1 aromatic carbocycles. The molecule has 0 aromatic heterocycles. The highest BCUT2D eigenvalue weighted by Gasteiger charge is 2.07. The fraction of sp³-hybridized carbons (Fsp3) is 0.462. The summed E-state index contributed by atoms with van der Waals surface area (Å²) in [6, 6.07) is 7.01. The van der Waals surface area contributed by atoms with Gasteiger partial charge in [-0.15, -0.1) is 12.4 Å². The van der Waals surface area contributed by atoms with Crippen LogP contribution in [0.1, 0.15) is 10.4 Å². The van der Waals surface area contributed by atoms with Crippen LogP contribution in [0.15, 0.2) is 24.3 Å². The molecule has 5 nitrogen and oxygen atoms in total. The maximum atomic E-state index is 11.8. The van der Waals surface area contributed by atoms with E-state index in [0.717, 1.165) is 6.54 Å². The van der Waals surface area contributed by atoms with Gasteiger partial charge in [-0.05, 0) is 26.2 Å². The van der Waals surface area contributed by atoms with E-state index < -0.39 is 0 Å². The first-order chi connectivity index (χ1) is 8.61. The molecule has 0 saturated carbocycles. The number of amides is 1. The van der Waals surface area contributed by atoms with E-state index in [1.165, 1.54) is 0 Å². The molecule has 0 bridgehead atoms. The zero-order valence-electron chi connectivity index (χ0n) is 11.4. The zero-order valence-corrected chi connectivity index (χ0v) is 12.2. The number of hydrogen-bond acceptors (Lipinski definition) is 4. The molecule has 0 atom stereocenters. The average molecular weight is 288 g/mol. The Bertz CT molecular complexity index is 386. The van der Waals surface area contributed by atoms with Crippen molar-refractivity contribution >= 4 is 24.0 Å². The molecule has 0 fully saturated rings. The molecule has 0 saturated heterocycles. The Morgan fingerprint density at radius 1 is 1.32 bits per heavy atom. The van der Waals surface area contributed by atoms with Gasteiger partial charge in [0.05, 0.1) is 18.8 Å². The summed E-state index contributed by atoms with van der Waals surface area (Å²) >= 11 is 0. The van der Waals surface area contributed by atoms with Crippen LogP contribution in [0.4, 0.5) is 5.69 Å². The lowest BCUT2D eigenvalue weighted by molar-refractivity contribution is 0.0901. The van der Waals surface area contributed by atoms with E-state index in [9.17, 15) is 4.79 Å². The van der Waals surface area contributed by atoms with Crippen molar-refractivity contribution in [1.29, 1.82) is 0 Å². The normalized spacial score (nSPS) is 10.1. The number of nitrogen functional groups attached to an aromatic ring is 1. The Labute approximate surface area is 120 Å². The number of hydrogen-bond donors (Lipinski definition) is 2. The number of carbonyl (C=O) groups is 1. The number of nitrogens with two attached hydrogens (primary N) is 1. The number of ether oxygens (including phenoxy) is 1. The van der Waals surface area contributed by atoms with Crippen LogP contribution in [-0.2, 0) is 4.74 Å². The van der Waals surface area contributed by atoms with Crippen molar-refractivity contribution in [2.75, 3.05) is 46.1 Å². The number of halogens is 1. The van der Waals surface area contributed by atoms with Crippen LogP contribution in [0.2, 0.25) is 0 Å². The van der Waals surface area contributed by atoms with Crippen LogP contribution in [0.25, 0.3) is 0 Å². The maximum Gasteiger partial charge on any atom is 0.253 e. The van der Waals surface area contributed by atoms with Crippen molar-refractivity contribution in [3.05, 3.63) is 29.8 Å². The summed E-state index contributed by atoms with van der Waals surface area (Å²) in [5.74, 6) is -0.163. The van der Waals surface area contributed by atoms with Crippen LogP contribution >= 0.6 is 12.4 Å². The minimum atomic E-state index is -0.163. The van der Waals surface area contributed by atoms with E-state index in [2.05, 4.69) is 5.32 Å². The zero-order chi connectivity index (χ0) is 13.4. The Balaban J connectivity index is 0.00000324. The number of nitrogens with zero attached hydrogens (tertiary/aromatic N) is 1. The van der Waals surface area contributed by atoms with Gasteiger partial charge in [0.25, 0.3) is 5.91 Å². The molecule has 0 aliphatic rings. The quantitative estimate of drug-likeness (QED) is 0.580. The number of rotatable bonds is 7. The molecule has 19 heavy (non-hydrogen) atoms. The van der Waals surface area contributed by atoms with E-state index >= 15 is 0 Å². The Hall–Kier alpha value is -1.30. The van der Waals surface area contributed by atoms with E-state index in [-0.39, 0.29) is 18.3 Å². The lowest BCUT2D eigenvalue weighted by atomic mass is 10.2. The smallest absolute Gasteiger partial charge is 0.253 e. The first kappa shape index (κ1) is 17.7. The second kappa shape index (κ2) is 9.61. The van der Waals surface area contributed by atoms with Crippen molar-refractivity contribution in [2.24, 2.45) is 0 Å². The lowest BCUT2D eigenvalue weighted by Gasteiger charge is -2.10. The Kier molecular flexibility index (Phi) is 8.95. The van der Waals surface area contributed by atoms with E-state index in [0.29, 0.717) is 31.0 Å². The minimum absolute atomic E-state index is 0. The van der Waals surface area contributed by atoms with Gasteiger partial charge in [0.15, 0.2) is 0 Å². The Morgan fingerprint density at radius 2 is 2.00 bits per heavy atom. The summed E-state index contributed by atoms with van der Waals surface area (Å²) < 4.78 is 5.37. The second-order valence-corrected chi connectivity index (χ2v) is 4.26. The summed E-state index contributed by atoms with van der Waals surface area (Å²) in [4.78, 5) is 13.8. The molecule has 1 rings (SSSR count). The molecule has 6 heteroatoms. The molecule has 0 heterocycles. The van der Waals surface area contributed by atoms with Crippen LogP contribution < -0.4 is 11.1 Å². The molecular formula is C13H22ClN3O2. The van der Waals surface area contributed by atoms with Crippen molar-refractivity contribution in [1.82, 2.24) is 10.2 Å². The van der Waals surface area contributed by atoms with Crippen LogP contribution in [0, 0.1) is 0 Å². The first-order valence-electron chi connectivity index (χ1n) is 5.96. The van der Waals surface area contributed by atoms with Gasteiger partial charge in [-0.1, -0.05) is 12.1 Å². The summed E-state index contributed by atoms with van der Waals surface area (Å²) in [7, 11) is 3.98. The fourth-order valence-electron chi connectivity index (χ4n) is 1.38. The number of benzene rings is 1. The highest BCUT2D eigenvalue weighted by molar-refractivity contribution is 5.99. The molecule has 1 aromatic rings. The summed E-state index contributed by atoms with van der Waals surface area (Å²) in [6.45, 7) is 2.53. The topological polar surface area (TPSA) is 67.6 Å². The van der Waals surface area contributed by atoms with Crippen LogP contribution in [0.5, 0.6) is 0 Å². The molecule has 108 valence electrons. The first-order valence-corrected chi connectivity index (χ1v) is 5.96. The number of carbonyl (C=O) groups excluding carboxylic acids is 1. The average Bonchev–Trinajstić information content (AvgIpc) is 2.33. The van der Waals surface area contributed by atoms with Crippen molar-refractivity contribution < 1.29 is 9.53 Å². The van der Waals surface area contributed by atoms with Gasteiger partial charge in [0, 0.05) is 18.8 Å². The van der Waals surface area contributed by atoms with Gasteiger partial charge >= 0.3 is 0 Å². The standard InChI is InChI=1S/C13H21N3O2.ClH/c1-16(2)8-10-18-9-7-15-13(17)11-5-3-4-6-12(11)14;/h3-6H,7-10,14H2,1-2H3,(H,15,17);1H. The predicted octanol–water partition coefficient (Wildman–Crippen LogP) is 0.999. The molecule has 0 spiro atoms. The van der Waals surface area contributed by atoms with Gasteiger partial charge in [0.2, 0.25) is 0 Å². The van der Waals surface area contributed by atoms with Crippen molar-refractivity contribution in [3.8, 4) is 0 Å². The van der Waals surface area contributed by atoms with Gasteiger partial charge in [-0.3, -0.25) is 4.79 Å². The van der Waals surface area contributed by atoms with Crippen molar-refractivity contribution in [2.45, 2.75) is 0 Å². The summed E-state index contributed by atoms with van der Waals surface area (Å²) in [5, 5.41) is 2.77. The number of nitrogens with one attached hydrogen (secondary N) is 1. The van der Waals surface area contributed by atoms with Gasteiger partial charge in [-0.2, -0.15) is 0 Å². The minimum Gasteiger partial charge on any atom is -0.398 e. The molecular weight excluding hydrogens is 266 g/mol. The molecule has 0 aliphatic carbocycles. The monoisotopic (exact) mass is 287 g/mol. The number of para-hydroxylation sites is 1. The summed E-state index contributed by atoms with van der Waals surface area (Å²) in [5.41, 5.74) is 6.70. The van der Waals surface area contributed by atoms with Crippen LogP contribution in [-0.4, -0.2) is 51.2 Å². The SMILES string of the molecule is CN(C)CCOCCNC(=O)c1ccccc1N.Cl. The van der Waals surface area contributed by atoms with Crippen molar-refractivity contribution in [3.63, 3.8) is 0 Å². The van der Waals surface area contributed by atoms with Crippen LogP contribution in [0.3, 0.4) is 0 Å². The third kappa shape index (κ3) is 7.00. The number of anilines is 1. The van der Waals surface area contributed by atoms with E-state index in [1.807, 2.05) is 19.0 Å². The summed E-state index contributed by atoms with van der Waals surface area (Å²) in [6.07, 6.45) is 0. The molecule has 1 amide bonds. The lowest BCUT2D eigenvalue weighted by Crippen LogP contribution is -2.28. The molecule has 3 N–H and O–H groups in total. The van der Waals surface area contributed by atoms with E-state index in [4.69, 9.17) is 10.5 Å². The predicted molar refractivity (Wildman–Crippen MR) is 79.8 cm³/mol. The largest absolute Gasteiger partial charge is 0.398 e. The van der Waals surface area contributed by atoms with Gasteiger partial charge in [0.1, 0.15) is 0 Å². The highest BCUT2D eigenvalue weighted by atomic mass is 35.5. The fourth-order valence-corrected chi connectivity index (χ4v) is 1.38. The third-order valence-corrected chi connectivity index (χ3v) is 2.42. The maximum absolute atomic E-state index is 11.8. The molecule has 0 unspecified atom stereocenters. The molecule has 0 radical (unpaired) electrons. The van der Waals surface area contributed by atoms with E-state index in [1.54, 1.807) is 24.3 Å². The molecule has 0 aliphatic heterocycles. The number of likely N-dealkylation sites (N-methyl/N-ethyl adjacent to an activating group) is 1. The van der Waals surface area contributed by atoms with Gasteiger partial charge < -0.3 is 20.7 Å². The Morgan fingerprint density at radius 3 is 2.63 bits per heavy atom. The second-order valence-electron chi connectivity index (χ2n) is 4.26. The highest BCUT2D eigenvalue weighted by Crippen LogP contribution is 2.09. The van der Waals surface area contributed by atoms with Gasteiger partial charge in [-0.25, -0.2) is 0 Å².